The Balaban J connectivity index is 2.12. The van der Waals surface area contributed by atoms with E-state index in [-0.39, 0.29) is 24.3 Å². The lowest BCUT2D eigenvalue weighted by Gasteiger charge is -2.16. The summed E-state index contributed by atoms with van der Waals surface area (Å²) in [4.78, 5) is 16.2. The molecule has 0 fully saturated rings. The molecule has 1 amide bonds. The van der Waals surface area contributed by atoms with E-state index >= 15 is 0 Å². The van der Waals surface area contributed by atoms with Crippen molar-refractivity contribution < 1.29 is 4.79 Å². The van der Waals surface area contributed by atoms with E-state index in [1.807, 2.05) is 13.8 Å². The predicted octanol–water partition coefficient (Wildman–Crippen LogP) is 1.58. The number of carbonyl (C=O) groups is 1. The normalized spacial score (nSPS) is 12.4. The van der Waals surface area contributed by atoms with Gasteiger partial charge in [-0.15, -0.1) is 0 Å². The molecule has 2 heterocycles. The van der Waals surface area contributed by atoms with Crippen molar-refractivity contribution >= 4 is 11.6 Å². The van der Waals surface area contributed by atoms with E-state index in [0.29, 0.717) is 11.5 Å². The molecule has 0 spiro atoms. The molecule has 2 rings (SSSR count). The molecule has 0 aliphatic rings. The monoisotopic (exact) mass is 273 g/mol. The second kappa shape index (κ2) is 6.29. The lowest BCUT2D eigenvalue weighted by atomic mass is 10.0. The van der Waals surface area contributed by atoms with Gasteiger partial charge in [-0.05, 0) is 24.1 Å². The second-order valence-electron chi connectivity index (χ2n) is 4.99. The SMILES string of the molecule is CC(C)C(N)CC(=O)Nc1cccnc1-n1cccn1. The van der Waals surface area contributed by atoms with Crippen LogP contribution in [-0.2, 0) is 4.79 Å². The van der Waals surface area contributed by atoms with Crippen molar-refractivity contribution in [1.29, 1.82) is 0 Å². The summed E-state index contributed by atoms with van der Waals surface area (Å²) >= 11 is 0. The highest BCUT2D eigenvalue weighted by atomic mass is 16.1. The molecule has 1 atom stereocenters. The number of pyridine rings is 1. The van der Waals surface area contributed by atoms with Crippen molar-refractivity contribution in [2.75, 3.05) is 5.32 Å². The second-order valence-corrected chi connectivity index (χ2v) is 4.99. The Bertz CT molecular complexity index is 565. The van der Waals surface area contributed by atoms with Gasteiger partial charge in [0, 0.05) is 31.1 Å². The Labute approximate surface area is 118 Å². The molecule has 6 heteroatoms. The summed E-state index contributed by atoms with van der Waals surface area (Å²) in [5, 5.41) is 6.96. The fraction of sp³-hybridized carbons (Fsp3) is 0.357. The molecule has 2 aromatic heterocycles. The van der Waals surface area contributed by atoms with Crippen LogP contribution in [0.1, 0.15) is 20.3 Å². The lowest BCUT2D eigenvalue weighted by Crippen LogP contribution is -2.31. The molecule has 1 unspecified atom stereocenters. The fourth-order valence-corrected chi connectivity index (χ4v) is 1.72. The van der Waals surface area contributed by atoms with Gasteiger partial charge in [-0.25, -0.2) is 9.67 Å². The third kappa shape index (κ3) is 3.42. The molecular weight excluding hydrogens is 254 g/mol. The van der Waals surface area contributed by atoms with Gasteiger partial charge in [0.2, 0.25) is 5.91 Å². The number of nitrogens with one attached hydrogen (secondary N) is 1. The molecule has 6 nitrogen and oxygen atoms in total. The van der Waals surface area contributed by atoms with Crippen LogP contribution in [0.25, 0.3) is 5.82 Å². The maximum Gasteiger partial charge on any atom is 0.226 e. The lowest BCUT2D eigenvalue weighted by molar-refractivity contribution is -0.116. The molecule has 2 aromatic rings. The van der Waals surface area contributed by atoms with Crippen LogP contribution in [0.5, 0.6) is 0 Å². The van der Waals surface area contributed by atoms with Crippen molar-refractivity contribution in [3.63, 3.8) is 0 Å². The van der Waals surface area contributed by atoms with Gasteiger partial charge in [0.15, 0.2) is 5.82 Å². The summed E-state index contributed by atoms with van der Waals surface area (Å²) < 4.78 is 1.61. The Hall–Kier alpha value is -2.21. The zero-order valence-electron chi connectivity index (χ0n) is 11.7. The highest BCUT2D eigenvalue weighted by Gasteiger charge is 2.15. The standard InChI is InChI=1S/C14H19N5O/c1-10(2)11(15)9-13(20)18-12-5-3-6-16-14(12)19-8-4-7-17-19/h3-8,10-11H,9,15H2,1-2H3,(H,18,20). The van der Waals surface area contributed by atoms with Crippen LogP contribution in [0.3, 0.4) is 0 Å². The number of nitrogens with two attached hydrogens (primary N) is 1. The van der Waals surface area contributed by atoms with Gasteiger partial charge in [0.25, 0.3) is 0 Å². The van der Waals surface area contributed by atoms with Crippen molar-refractivity contribution in [3.05, 3.63) is 36.8 Å². The summed E-state index contributed by atoms with van der Waals surface area (Å²) in [5.74, 6) is 0.733. The molecule has 0 aliphatic heterocycles. The van der Waals surface area contributed by atoms with Crippen LogP contribution in [0, 0.1) is 5.92 Å². The zero-order chi connectivity index (χ0) is 14.5. The number of hydrogen-bond donors (Lipinski definition) is 2. The summed E-state index contributed by atoms with van der Waals surface area (Å²) in [6.45, 7) is 3.99. The average Bonchev–Trinajstić information content (AvgIpc) is 2.92. The topological polar surface area (TPSA) is 85.8 Å². The van der Waals surface area contributed by atoms with E-state index in [1.165, 1.54) is 0 Å². The smallest absolute Gasteiger partial charge is 0.226 e. The quantitative estimate of drug-likeness (QED) is 0.866. The zero-order valence-corrected chi connectivity index (χ0v) is 11.7. The minimum absolute atomic E-state index is 0.118. The molecule has 0 bridgehead atoms. The maximum absolute atomic E-state index is 12.0. The number of carbonyl (C=O) groups excluding carboxylic acids is 1. The third-order valence-corrected chi connectivity index (χ3v) is 3.06. The van der Waals surface area contributed by atoms with Crippen molar-refractivity contribution in [1.82, 2.24) is 14.8 Å². The molecule has 3 N–H and O–H groups in total. The maximum atomic E-state index is 12.0. The first-order valence-corrected chi connectivity index (χ1v) is 6.58. The van der Waals surface area contributed by atoms with E-state index in [9.17, 15) is 4.79 Å². The number of nitrogens with zero attached hydrogens (tertiary/aromatic N) is 3. The van der Waals surface area contributed by atoms with Gasteiger partial charge in [0.1, 0.15) is 0 Å². The summed E-state index contributed by atoms with van der Waals surface area (Å²) in [6.07, 6.45) is 5.38. The predicted molar refractivity (Wildman–Crippen MR) is 77.4 cm³/mol. The van der Waals surface area contributed by atoms with Gasteiger partial charge in [0.05, 0.1) is 5.69 Å². The molecule has 0 radical (unpaired) electrons. The fourth-order valence-electron chi connectivity index (χ4n) is 1.72. The number of hydrogen-bond acceptors (Lipinski definition) is 4. The first-order valence-electron chi connectivity index (χ1n) is 6.58. The Morgan fingerprint density at radius 2 is 2.20 bits per heavy atom. The van der Waals surface area contributed by atoms with Crippen LogP contribution in [0.15, 0.2) is 36.8 Å². The number of aromatic nitrogens is 3. The van der Waals surface area contributed by atoms with E-state index < -0.39 is 0 Å². The Kier molecular flexibility index (Phi) is 4.47. The van der Waals surface area contributed by atoms with Gasteiger partial charge >= 0.3 is 0 Å². The Morgan fingerprint density at radius 3 is 2.85 bits per heavy atom. The van der Waals surface area contributed by atoms with Gasteiger partial charge in [-0.1, -0.05) is 13.8 Å². The molecule has 0 saturated carbocycles. The Morgan fingerprint density at radius 1 is 1.40 bits per heavy atom. The van der Waals surface area contributed by atoms with Crippen LogP contribution in [0.4, 0.5) is 5.69 Å². The number of rotatable bonds is 5. The third-order valence-electron chi connectivity index (χ3n) is 3.06. The molecular formula is C14H19N5O. The molecule has 0 saturated heterocycles. The van der Waals surface area contributed by atoms with Crippen molar-refractivity contribution in [2.24, 2.45) is 11.7 Å². The van der Waals surface area contributed by atoms with E-state index in [4.69, 9.17) is 5.73 Å². The van der Waals surface area contributed by atoms with Crippen molar-refractivity contribution in [2.45, 2.75) is 26.3 Å². The van der Waals surface area contributed by atoms with Gasteiger partial charge in [-0.2, -0.15) is 5.10 Å². The summed E-state index contributed by atoms with van der Waals surface area (Å²) in [7, 11) is 0. The van der Waals surface area contributed by atoms with E-state index in [1.54, 1.807) is 41.5 Å². The largest absolute Gasteiger partial charge is 0.327 e. The molecule has 20 heavy (non-hydrogen) atoms. The molecule has 0 aliphatic carbocycles. The van der Waals surface area contributed by atoms with Crippen LogP contribution < -0.4 is 11.1 Å². The minimum Gasteiger partial charge on any atom is -0.327 e. The first-order chi connectivity index (χ1) is 9.58. The number of anilines is 1. The van der Waals surface area contributed by atoms with E-state index in [0.717, 1.165) is 0 Å². The summed E-state index contributed by atoms with van der Waals surface area (Å²) in [5.41, 5.74) is 6.53. The minimum atomic E-state index is -0.153. The number of amides is 1. The highest BCUT2D eigenvalue weighted by molar-refractivity contribution is 5.92. The van der Waals surface area contributed by atoms with Gasteiger partial charge < -0.3 is 11.1 Å². The molecule has 106 valence electrons. The first kappa shape index (κ1) is 14.2. The highest BCUT2D eigenvalue weighted by Crippen LogP contribution is 2.16. The van der Waals surface area contributed by atoms with Crippen LogP contribution in [-0.4, -0.2) is 26.7 Å². The average molecular weight is 273 g/mol. The van der Waals surface area contributed by atoms with Gasteiger partial charge in [-0.3, -0.25) is 4.79 Å². The van der Waals surface area contributed by atoms with Crippen molar-refractivity contribution in [3.8, 4) is 5.82 Å². The molecule has 0 aromatic carbocycles. The summed E-state index contributed by atoms with van der Waals surface area (Å²) in [6, 6.07) is 5.21. The van der Waals surface area contributed by atoms with E-state index in [2.05, 4.69) is 15.4 Å². The van der Waals surface area contributed by atoms with Crippen LogP contribution in [0.2, 0.25) is 0 Å². The van der Waals surface area contributed by atoms with Crippen LogP contribution >= 0.6 is 0 Å².